The number of fused-ring (bicyclic) bond motifs is 5. The van der Waals surface area contributed by atoms with Crippen molar-refractivity contribution >= 4 is 39.0 Å². The lowest BCUT2D eigenvalue weighted by Crippen LogP contribution is -2.49. The first-order valence-electron chi connectivity index (χ1n) is 19.9. The molecule has 5 aliphatic rings. The predicted molar refractivity (Wildman–Crippen MR) is 217 cm³/mol. The molecule has 3 aromatic rings. The first-order valence-corrected chi connectivity index (χ1v) is 21.8. The minimum absolute atomic E-state index is 0.0854. The summed E-state index contributed by atoms with van der Waals surface area (Å²) in [4.78, 5) is 30.5. The second-order valence-electron chi connectivity index (χ2n) is 17.0. The molecule has 1 spiro atoms. The summed E-state index contributed by atoms with van der Waals surface area (Å²) in [7, 11) is -2.06. The number of carbonyl (C=O) groups is 2. The van der Waals surface area contributed by atoms with Crippen molar-refractivity contribution in [1.29, 1.82) is 0 Å². The van der Waals surface area contributed by atoms with Crippen LogP contribution in [0, 0.1) is 17.8 Å². The topological polar surface area (TPSA) is 132 Å². The third-order valence-electron chi connectivity index (χ3n) is 13.0. The van der Waals surface area contributed by atoms with Gasteiger partial charge in [0.2, 0.25) is 0 Å². The third-order valence-corrected chi connectivity index (χ3v) is 15.7. The summed E-state index contributed by atoms with van der Waals surface area (Å²) in [6, 6.07) is 13.2. The van der Waals surface area contributed by atoms with Gasteiger partial charge in [0.05, 0.1) is 49.0 Å². The van der Waals surface area contributed by atoms with Crippen molar-refractivity contribution in [2.24, 2.45) is 22.1 Å². The lowest BCUT2D eigenvalue weighted by atomic mass is 9.68. The van der Waals surface area contributed by atoms with Gasteiger partial charge in [-0.2, -0.15) is 0 Å². The van der Waals surface area contributed by atoms with Crippen LogP contribution < -0.4 is 14.4 Å². The Hall–Kier alpha value is -3.68. The van der Waals surface area contributed by atoms with Crippen LogP contribution in [0.15, 0.2) is 65.2 Å². The molecule has 2 aromatic carbocycles. The molecule has 2 amide bonds. The number of carbonyl (C=O) groups excluding carboxylic acids is 2. The fraction of sp³-hybridized carbons (Fsp3) is 0.535. The normalized spacial score (nSPS) is 33.4. The molecular weight excluding hydrogens is 752 g/mol. The molecule has 11 nitrogen and oxygen atoms in total. The molecule has 1 aromatic heterocycles. The van der Waals surface area contributed by atoms with Crippen LogP contribution in [-0.4, -0.2) is 76.1 Å². The van der Waals surface area contributed by atoms with Gasteiger partial charge in [-0.15, -0.1) is 4.36 Å². The maximum Gasteiger partial charge on any atom is 0.286 e. The van der Waals surface area contributed by atoms with Crippen LogP contribution in [0.5, 0.6) is 5.75 Å². The van der Waals surface area contributed by atoms with E-state index in [2.05, 4.69) is 26.1 Å². The first kappa shape index (κ1) is 39.2. The molecule has 0 radical (unpaired) electrons. The maximum absolute atomic E-state index is 15.1. The van der Waals surface area contributed by atoms with Gasteiger partial charge in [0, 0.05) is 48.1 Å². The Bertz CT molecular complexity index is 2180. The highest BCUT2D eigenvalue weighted by Crippen LogP contribution is 2.47. The van der Waals surface area contributed by atoms with Gasteiger partial charge in [-0.05, 0) is 118 Å². The number of allylic oxidation sites excluding steroid dienone is 1. The summed E-state index contributed by atoms with van der Waals surface area (Å²) < 4.78 is 42.2. The average Bonchev–Trinajstić information content (AvgIpc) is 3.50. The Balaban J connectivity index is 1.17. The molecule has 2 bridgehead atoms. The fourth-order valence-corrected chi connectivity index (χ4v) is 11.5. The Morgan fingerprint density at radius 1 is 1.16 bits per heavy atom. The number of amides is 2. The zero-order valence-corrected chi connectivity index (χ0v) is 34.2. The van der Waals surface area contributed by atoms with Gasteiger partial charge < -0.3 is 28.8 Å². The van der Waals surface area contributed by atoms with Crippen LogP contribution in [-0.2, 0) is 44.4 Å². The van der Waals surface area contributed by atoms with E-state index in [0.29, 0.717) is 57.2 Å². The second kappa shape index (κ2) is 15.2. The van der Waals surface area contributed by atoms with Gasteiger partial charge in [0.25, 0.3) is 11.8 Å². The van der Waals surface area contributed by atoms with Crippen molar-refractivity contribution in [3.8, 4) is 5.75 Å². The standard InChI is InChI=1S/C43H53ClN4O7S/c1-27-7-5-9-38(49)35-13-10-31(35)20-48-24-43(16-6-8-29-17-33(44)12-14-36(29)43)26-54-39-15-11-30(19-37(39)48)40(50)45-56(52,28(27)2)46-41(51)32-18-34-22-55-42(3,25-53-4)23-47(34)21-32/h5,9,11-12,14-15,17-19,21,27-28,31,35,38,49H,6-8,10,13,16,20,22-26H2,1-4H3,(H,45,46,50,51,52)/b9-5+/t27-,28+,31-,35+,38-,42?,43-,56?/m0/s1. The highest BCUT2D eigenvalue weighted by molar-refractivity contribution is 7.93. The predicted octanol–water partition coefficient (Wildman–Crippen LogP) is 6.87. The summed E-state index contributed by atoms with van der Waals surface area (Å²) >= 11 is 6.46. The fourth-order valence-electron chi connectivity index (χ4n) is 9.44. The number of nitrogens with one attached hydrogen (secondary N) is 1. The molecule has 3 aliphatic heterocycles. The summed E-state index contributed by atoms with van der Waals surface area (Å²) in [6.45, 7) is 8.62. The maximum atomic E-state index is 15.1. The molecule has 8 atom stereocenters. The molecular formula is C43H53ClN4O7S. The number of aromatic nitrogens is 1. The number of halogens is 1. The van der Waals surface area contributed by atoms with Crippen molar-refractivity contribution in [3.63, 3.8) is 0 Å². The molecule has 0 saturated heterocycles. The van der Waals surface area contributed by atoms with E-state index in [1.165, 1.54) is 11.1 Å². The molecule has 13 heteroatoms. The summed E-state index contributed by atoms with van der Waals surface area (Å²) in [5.41, 5.74) is 3.76. The number of anilines is 1. The van der Waals surface area contributed by atoms with Crippen LogP contribution in [0.3, 0.4) is 0 Å². The van der Waals surface area contributed by atoms with Crippen molar-refractivity contribution in [1.82, 2.24) is 9.29 Å². The van der Waals surface area contributed by atoms with Crippen molar-refractivity contribution in [2.75, 3.05) is 38.3 Å². The third kappa shape index (κ3) is 7.43. The van der Waals surface area contributed by atoms with E-state index in [1.54, 1.807) is 38.4 Å². The van der Waals surface area contributed by atoms with E-state index < -0.39 is 38.7 Å². The van der Waals surface area contributed by atoms with Crippen molar-refractivity contribution in [2.45, 2.75) is 94.8 Å². The number of aryl methyl sites for hydroxylation is 1. The Morgan fingerprint density at radius 2 is 2.00 bits per heavy atom. The van der Waals surface area contributed by atoms with Crippen LogP contribution in [0.4, 0.5) is 5.69 Å². The SMILES string of the molecule is COCC1(C)Cn2cc(C(=O)NS3(=O)=NC(=O)c4ccc5c(c4)N(C[C@@H]4CC[C@H]4[C@@H](O)/C=C/C[C@H](C)[C@H]3C)C[C@@]3(CCCc4cc(Cl)ccc43)CO5)cc2CO1. The molecule has 1 fully saturated rings. The van der Waals surface area contributed by atoms with Gasteiger partial charge >= 0.3 is 0 Å². The van der Waals surface area contributed by atoms with Gasteiger partial charge in [-0.25, -0.2) is 4.21 Å². The Labute approximate surface area is 335 Å². The minimum atomic E-state index is -3.68. The van der Waals surface area contributed by atoms with Crippen LogP contribution >= 0.6 is 11.6 Å². The van der Waals surface area contributed by atoms with E-state index in [9.17, 15) is 14.7 Å². The highest BCUT2D eigenvalue weighted by atomic mass is 35.5. The number of nitrogens with zero attached hydrogens (tertiary/aromatic N) is 3. The number of benzene rings is 2. The monoisotopic (exact) mass is 804 g/mol. The van der Waals surface area contributed by atoms with E-state index in [0.717, 1.165) is 48.5 Å². The van der Waals surface area contributed by atoms with Gasteiger partial charge in [-0.1, -0.05) is 36.7 Å². The Morgan fingerprint density at radius 3 is 2.79 bits per heavy atom. The van der Waals surface area contributed by atoms with Crippen molar-refractivity contribution in [3.05, 3.63) is 93.8 Å². The molecule has 2 unspecified atom stereocenters. The van der Waals surface area contributed by atoms with Gasteiger partial charge in [0.15, 0.2) is 0 Å². The van der Waals surface area contributed by atoms with Gasteiger partial charge in [-0.3, -0.25) is 14.3 Å². The van der Waals surface area contributed by atoms with E-state index in [-0.39, 0.29) is 28.7 Å². The number of aliphatic hydroxyl groups excluding tert-OH is 1. The summed E-state index contributed by atoms with van der Waals surface area (Å²) in [5.74, 6) is -0.517. The molecule has 300 valence electrons. The first-order chi connectivity index (χ1) is 26.8. The number of aliphatic hydroxyl groups is 1. The molecule has 56 heavy (non-hydrogen) atoms. The lowest BCUT2D eigenvalue weighted by molar-refractivity contribution is -0.112. The lowest BCUT2D eigenvalue weighted by Gasteiger charge is -2.45. The average molecular weight is 805 g/mol. The van der Waals surface area contributed by atoms with E-state index in [1.807, 2.05) is 42.7 Å². The van der Waals surface area contributed by atoms with Crippen LogP contribution in [0.2, 0.25) is 5.02 Å². The molecule has 1 saturated carbocycles. The number of rotatable bonds is 4. The van der Waals surface area contributed by atoms with Crippen molar-refractivity contribution < 1.29 is 33.1 Å². The minimum Gasteiger partial charge on any atom is -0.490 e. The molecule has 4 heterocycles. The van der Waals surface area contributed by atoms with Gasteiger partial charge in [0.1, 0.15) is 21.3 Å². The zero-order chi connectivity index (χ0) is 39.4. The number of methoxy groups -OCH3 is 1. The smallest absolute Gasteiger partial charge is 0.286 e. The highest BCUT2D eigenvalue weighted by Gasteiger charge is 2.44. The number of hydrogen-bond acceptors (Lipinski definition) is 8. The second-order valence-corrected chi connectivity index (χ2v) is 19.7. The number of ether oxygens (including phenoxy) is 3. The van der Waals surface area contributed by atoms with Crippen LogP contribution in [0.1, 0.15) is 90.4 Å². The van der Waals surface area contributed by atoms with E-state index >= 15 is 4.21 Å². The largest absolute Gasteiger partial charge is 0.490 e. The summed E-state index contributed by atoms with van der Waals surface area (Å²) in [6.07, 6.45) is 10.2. The molecule has 2 aliphatic carbocycles. The number of hydrogen-bond donors (Lipinski definition) is 2. The molecule has 8 rings (SSSR count). The molecule has 2 N–H and O–H groups in total. The van der Waals surface area contributed by atoms with Crippen LogP contribution in [0.25, 0.3) is 0 Å². The Kier molecular flexibility index (Phi) is 10.7. The van der Waals surface area contributed by atoms with E-state index in [4.69, 9.17) is 25.8 Å². The summed E-state index contributed by atoms with van der Waals surface area (Å²) in [5, 5.41) is 11.5. The quantitative estimate of drug-likeness (QED) is 0.273. The zero-order valence-electron chi connectivity index (χ0n) is 32.7.